The predicted octanol–water partition coefficient (Wildman–Crippen LogP) is 1.91. The van der Waals surface area contributed by atoms with Gasteiger partial charge in [0.2, 0.25) is 0 Å². The van der Waals surface area contributed by atoms with Crippen LogP contribution in [0.25, 0.3) is 0 Å². The maximum atomic E-state index is 5.74. The Bertz CT molecular complexity index is 317. The van der Waals surface area contributed by atoms with Gasteiger partial charge in [-0.2, -0.15) is 0 Å². The average Bonchev–Trinajstić information content (AvgIpc) is 2.65. The van der Waals surface area contributed by atoms with Crippen LogP contribution in [0.5, 0.6) is 0 Å². The first-order valence-corrected chi connectivity index (χ1v) is 5.70. The van der Waals surface area contributed by atoms with E-state index in [1.807, 2.05) is 26.0 Å². The normalized spacial score (nSPS) is 14.1. The summed E-state index contributed by atoms with van der Waals surface area (Å²) in [6.07, 6.45) is 3.53. The number of furan rings is 1. The molecule has 0 spiro atoms. The van der Waals surface area contributed by atoms with E-state index in [0.717, 1.165) is 18.6 Å². The van der Waals surface area contributed by atoms with Crippen LogP contribution in [0.3, 0.4) is 0 Å². The molecule has 90 valence electrons. The summed E-state index contributed by atoms with van der Waals surface area (Å²) in [6, 6.07) is 4.40. The fourth-order valence-electron chi connectivity index (χ4n) is 1.44. The molecular formula is C12H21N3O. The van der Waals surface area contributed by atoms with Gasteiger partial charge in [0, 0.05) is 12.5 Å². The number of aliphatic imine (C=N–C) groups is 1. The second-order valence-electron chi connectivity index (χ2n) is 4.28. The minimum atomic E-state index is 0.205. The van der Waals surface area contributed by atoms with Crippen molar-refractivity contribution in [3.8, 4) is 0 Å². The van der Waals surface area contributed by atoms with Gasteiger partial charge in [-0.3, -0.25) is 4.99 Å². The molecule has 1 atom stereocenters. The number of guanidine groups is 1. The predicted molar refractivity (Wildman–Crippen MR) is 66.4 cm³/mol. The van der Waals surface area contributed by atoms with Crippen LogP contribution in [0.4, 0.5) is 0 Å². The number of nitrogens with zero attached hydrogens (tertiary/aromatic N) is 1. The second kappa shape index (κ2) is 6.20. The molecule has 1 rings (SSSR count). The van der Waals surface area contributed by atoms with E-state index in [9.17, 15) is 0 Å². The molecule has 0 aliphatic heterocycles. The molecule has 1 heterocycles. The van der Waals surface area contributed by atoms with Crippen LogP contribution < -0.4 is 11.1 Å². The quantitative estimate of drug-likeness (QED) is 0.592. The van der Waals surface area contributed by atoms with Gasteiger partial charge < -0.3 is 15.5 Å². The van der Waals surface area contributed by atoms with Crippen LogP contribution in [0.1, 0.15) is 33.0 Å². The van der Waals surface area contributed by atoms with Crippen molar-refractivity contribution in [1.82, 2.24) is 5.32 Å². The van der Waals surface area contributed by atoms with Crippen molar-refractivity contribution >= 4 is 5.96 Å². The Balaban J connectivity index is 2.32. The van der Waals surface area contributed by atoms with Crippen LogP contribution in [-0.4, -0.2) is 18.0 Å². The Morgan fingerprint density at radius 3 is 2.81 bits per heavy atom. The van der Waals surface area contributed by atoms with E-state index >= 15 is 0 Å². The third-order valence-corrected chi connectivity index (χ3v) is 2.18. The summed E-state index contributed by atoms with van der Waals surface area (Å²) >= 11 is 0. The Morgan fingerprint density at radius 1 is 1.50 bits per heavy atom. The van der Waals surface area contributed by atoms with Crippen LogP contribution in [0.15, 0.2) is 27.8 Å². The van der Waals surface area contributed by atoms with Crippen LogP contribution in [0, 0.1) is 0 Å². The van der Waals surface area contributed by atoms with Gasteiger partial charge in [-0.1, -0.05) is 0 Å². The second-order valence-corrected chi connectivity index (χ2v) is 4.28. The van der Waals surface area contributed by atoms with E-state index in [1.165, 1.54) is 0 Å². The Hall–Kier alpha value is -1.45. The van der Waals surface area contributed by atoms with Gasteiger partial charge in [0.15, 0.2) is 5.96 Å². The molecule has 0 aromatic carbocycles. The summed E-state index contributed by atoms with van der Waals surface area (Å²) in [5.41, 5.74) is 5.74. The van der Waals surface area contributed by atoms with Crippen molar-refractivity contribution in [2.75, 3.05) is 0 Å². The summed E-state index contributed by atoms with van der Waals surface area (Å²) in [6.45, 7) is 6.13. The van der Waals surface area contributed by atoms with Gasteiger partial charge in [-0.05, 0) is 39.3 Å². The van der Waals surface area contributed by atoms with Gasteiger partial charge in [0.25, 0.3) is 0 Å². The molecule has 1 unspecified atom stereocenters. The first kappa shape index (κ1) is 12.6. The van der Waals surface area contributed by atoms with Crippen LogP contribution >= 0.6 is 0 Å². The Kier molecular flexibility index (Phi) is 4.89. The summed E-state index contributed by atoms with van der Waals surface area (Å²) in [5.74, 6) is 1.51. The molecular weight excluding hydrogens is 202 g/mol. The SMILES string of the molecule is CC(CCc1ccco1)N=C(N)NC(C)C. The molecule has 0 bridgehead atoms. The first-order valence-electron chi connectivity index (χ1n) is 5.70. The van der Waals surface area contributed by atoms with Crippen molar-refractivity contribution in [3.63, 3.8) is 0 Å². The van der Waals surface area contributed by atoms with E-state index in [-0.39, 0.29) is 6.04 Å². The summed E-state index contributed by atoms with van der Waals surface area (Å²) in [5, 5.41) is 3.07. The lowest BCUT2D eigenvalue weighted by atomic mass is 10.1. The molecule has 0 radical (unpaired) electrons. The van der Waals surface area contributed by atoms with Gasteiger partial charge in [-0.25, -0.2) is 0 Å². The Morgan fingerprint density at radius 2 is 2.25 bits per heavy atom. The van der Waals surface area contributed by atoms with E-state index in [2.05, 4.69) is 17.2 Å². The first-order chi connectivity index (χ1) is 7.58. The molecule has 1 aromatic heterocycles. The minimum Gasteiger partial charge on any atom is -0.469 e. The zero-order valence-corrected chi connectivity index (χ0v) is 10.2. The van der Waals surface area contributed by atoms with Crippen molar-refractivity contribution in [3.05, 3.63) is 24.2 Å². The van der Waals surface area contributed by atoms with Crippen LogP contribution in [0.2, 0.25) is 0 Å². The van der Waals surface area contributed by atoms with Gasteiger partial charge in [0.1, 0.15) is 5.76 Å². The highest BCUT2D eigenvalue weighted by Gasteiger charge is 2.04. The van der Waals surface area contributed by atoms with E-state index in [0.29, 0.717) is 12.0 Å². The number of nitrogens with two attached hydrogens (primary N) is 1. The highest BCUT2D eigenvalue weighted by atomic mass is 16.3. The smallest absolute Gasteiger partial charge is 0.189 e. The topological polar surface area (TPSA) is 63.5 Å². The molecule has 3 N–H and O–H groups in total. The van der Waals surface area contributed by atoms with Crippen molar-refractivity contribution in [2.45, 2.75) is 45.7 Å². The third-order valence-electron chi connectivity index (χ3n) is 2.18. The van der Waals surface area contributed by atoms with Crippen molar-refractivity contribution < 1.29 is 4.42 Å². The number of hydrogen-bond acceptors (Lipinski definition) is 2. The van der Waals surface area contributed by atoms with Crippen LogP contribution in [-0.2, 0) is 6.42 Å². The standard InChI is InChI=1S/C12H21N3O/c1-9(2)14-12(13)15-10(3)6-7-11-5-4-8-16-11/h4-5,8-10H,6-7H2,1-3H3,(H3,13,14,15). The van der Waals surface area contributed by atoms with Gasteiger partial charge >= 0.3 is 0 Å². The van der Waals surface area contributed by atoms with Gasteiger partial charge in [-0.15, -0.1) is 0 Å². The largest absolute Gasteiger partial charge is 0.469 e. The van der Waals surface area contributed by atoms with Crippen molar-refractivity contribution in [1.29, 1.82) is 0 Å². The highest BCUT2D eigenvalue weighted by Crippen LogP contribution is 2.07. The van der Waals surface area contributed by atoms with Gasteiger partial charge in [0.05, 0.1) is 12.3 Å². The van der Waals surface area contributed by atoms with E-state index < -0.39 is 0 Å². The van der Waals surface area contributed by atoms with Crippen molar-refractivity contribution in [2.24, 2.45) is 10.7 Å². The zero-order chi connectivity index (χ0) is 12.0. The van der Waals surface area contributed by atoms with E-state index in [1.54, 1.807) is 6.26 Å². The highest BCUT2D eigenvalue weighted by molar-refractivity contribution is 5.78. The number of nitrogens with one attached hydrogen (secondary N) is 1. The molecule has 0 aliphatic rings. The Labute approximate surface area is 96.9 Å². The molecule has 4 heteroatoms. The third kappa shape index (κ3) is 4.87. The number of aryl methyl sites for hydroxylation is 1. The van der Waals surface area contributed by atoms with E-state index in [4.69, 9.17) is 10.2 Å². The molecule has 0 aliphatic carbocycles. The maximum absolute atomic E-state index is 5.74. The molecule has 1 aromatic rings. The lowest BCUT2D eigenvalue weighted by Gasteiger charge is -2.11. The molecule has 0 saturated carbocycles. The maximum Gasteiger partial charge on any atom is 0.189 e. The number of hydrogen-bond donors (Lipinski definition) is 2. The minimum absolute atomic E-state index is 0.205. The lowest BCUT2D eigenvalue weighted by molar-refractivity contribution is 0.491. The molecule has 0 saturated heterocycles. The number of rotatable bonds is 5. The lowest BCUT2D eigenvalue weighted by Crippen LogP contribution is -2.37. The molecule has 0 fully saturated rings. The average molecular weight is 223 g/mol. The fraction of sp³-hybridized carbons (Fsp3) is 0.583. The summed E-state index contributed by atoms with van der Waals surface area (Å²) < 4.78 is 5.26. The zero-order valence-electron chi connectivity index (χ0n) is 10.2. The summed E-state index contributed by atoms with van der Waals surface area (Å²) in [7, 11) is 0. The molecule has 16 heavy (non-hydrogen) atoms. The monoisotopic (exact) mass is 223 g/mol. The molecule has 4 nitrogen and oxygen atoms in total. The fourth-order valence-corrected chi connectivity index (χ4v) is 1.44. The summed E-state index contributed by atoms with van der Waals surface area (Å²) in [4.78, 5) is 4.36. The molecule has 0 amide bonds.